The number of piperidine rings is 2. The molecule has 0 saturated carbocycles. The van der Waals surface area contributed by atoms with E-state index in [1.54, 1.807) is 6.92 Å². The minimum absolute atomic E-state index is 0.0153. The van der Waals surface area contributed by atoms with Gasteiger partial charge < -0.3 is 10.2 Å². The molecule has 0 radical (unpaired) electrons. The van der Waals surface area contributed by atoms with Crippen LogP contribution in [-0.4, -0.2) is 28.8 Å². The maximum atomic E-state index is 12.4. The number of nitrogens with one attached hydrogen (secondary N) is 1. The topological polar surface area (TPSA) is 49.4 Å². The summed E-state index contributed by atoms with van der Waals surface area (Å²) < 4.78 is 0. The number of hydrogen-bond donors (Lipinski definition) is 1. The highest BCUT2D eigenvalue weighted by Gasteiger charge is 2.41. The molecule has 22 heavy (non-hydrogen) atoms. The first kappa shape index (κ1) is 15.3. The van der Waals surface area contributed by atoms with E-state index in [0.717, 1.165) is 31.2 Å². The van der Waals surface area contributed by atoms with Gasteiger partial charge in [-0.3, -0.25) is 9.59 Å². The van der Waals surface area contributed by atoms with Crippen molar-refractivity contribution in [3.63, 3.8) is 0 Å². The molecule has 2 saturated heterocycles. The molecule has 2 aliphatic heterocycles. The number of carbonyl (C=O) groups is 2. The van der Waals surface area contributed by atoms with Crippen molar-refractivity contribution in [3.05, 3.63) is 34.9 Å². The molecule has 2 aliphatic rings. The number of rotatable bonds is 2. The van der Waals surface area contributed by atoms with E-state index in [1.807, 2.05) is 29.2 Å². The van der Waals surface area contributed by atoms with Crippen molar-refractivity contribution in [2.45, 2.75) is 57.2 Å². The lowest BCUT2D eigenvalue weighted by atomic mass is 9.83. The van der Waals surface area contributed by atoms with Crippen LogP contribution in [-0.2, 0) is 9.59 Å². The lowest BCUT2D eigenvalue weighted by Crippen LogP contribution is -2.54. The molecule has 0 unspecified atom stereocenters. The fourth-order valence-electron chi connectivity index (χ4n) is 3.86. The largest absolute Gasteiger partial charge is 0.353 e. The average Bonchev–Trinajstić information content (AvgIpc) is 2.46. The third kappa shape index (κ3) is 2.98. The van der Waals surface area contributed by atoms with Crippen molar-refractivity contribution < 1.29 is 9.59 Å². The van der Waals surface area contributed by atoms with Gasteiger partial charge in [0.2, 0.25) is 11.8 Å². The number of carbonyl (C=O) groups excluding carboxylic acids is 2. The number of halogens is 1. The first-order chi connectivity index (χ1) is 10.6. The fourth-order valence-corrected chi connectivity index (χ4v) is 4.12. The highest BCUT2D eigenvalue weighted by atomic mass is 35.5. The van der Waals surface area contributed by atoms with E-state index >= 15 is 0 Å². The third-order valence-corrected chi connectivity index (χ3v) is 5.03. The van der Waals surface area contributed by atoms with Crippen molar-refractivity contribution in [3.8, 4) is 0 Å². The van der Waals surface area contributed by atoms with E-state index < -0.39 is 0 Å². The zero-order valence-corrected chi connectivity index (χ0v) is 13.5. The number of amides is 2. The predicted molar refractivity (Wildman–Crippen MR) is 85.5 cm³/mol. The monoisotopic (exact) mass is 320 g/mol. The van der Waals surface area contributed by atoms with Crippen LogP contribution in [0.4, 0.5) is 0 Å². The van der Waals surface area contributed by atoms with Crippen LogP contribution in [0.2, 0.25) is 5.02 Å². The van der Waals surface area contributed by atoms with Gasteiger partial charge in [-0.1, -0.05) is 29.8 Å². The van der Waals surface area contributed by atoms with Gasteiger partial charge in [0, 0.05) is 30.5 Å². The van der Waals surface area contributed by atoms with Crippen molar-refractivity contribution in [1.82, 2.24) is 10.2 Å². The van der Waals surface area contributed by atoms with Gasteiger partial charge in [-0.15, -0.1) is 0 Å². The maximum absolute atomic E-state index is 12.4. The van der Waals surface area contributed by atoms with Gasteiger partial charge >= 0.3 is 0 Å². The van der Waals surface area contributed by atoms with Gasteiger partial charge in [-0.2, -0.15) is 0 Å². The summed E-state index contributed by atoms with van der Waals surface area (Å²) in [6.07, 6.45) is 4.12. The van der Waals surface area contributed by atoms with Gasteiger partial charge in [0.1, 0.15) is 0 Å². The van der Waals surface area contributed by atoms with Crippen LogP contribution in [0.25, 0.3) is 0 Å². The smallest absolute Gasteiger partial charge is 0.223 e. The summed E-state index contributed by atoms with van der Waals surface area (Å²) in [6.45, 7) is 1.54. The van der Waals surface area contributed by atoms with Gasteiger partial charge in [0.05, 0.1) is 6.04 Å². The number of fused-ring (bicyclic) bond motifs is 1. The van der Waals surface area contributed by atoms with E-state index in [1.165, 1.54) is 0 Å². The number of nitrogens with zero attached hydrogens (tertiary/aromatic N) is 1. The van der Waals surface area contributed by atoms with E-state index in [-0.39, 0.29) is 29.9 Å². The fraction of sp³-hybridized carbons (Fsp3) is 0.529. The zero-order valence-electron chi connectivity index (χ0n) is 12.7. The van der Waals surface area contributed by atoms with Crippen LogP contribution < -0.4 is 5.32 Å². The third-order valence-electron chi connectivity index (χ3n) is 4.68. The standard InChI is InChI=1S/C17H21ClN2O2/c1-11(21)19-12-9-13-5-4-8-17(22)20(13)16(10-12)14-6-2-3-7-15(14)18/h2-3,6-7,12-13,16H,4-5,8-10H2,1H3,(H,19,21)/t12-,13+,16-/m0/s1. The Balaban J connectivity index is 1.93. The Hall–Kier alpha value is -1.55. The summed E-state index contributed by atoms with van der Waals surface area (Å²) in [5, 5.41) is 3.72. The van der Waals surface area contributed by atoms with Crippen LogP contribution in [0.1, 0.15) is 50.6 Å². The molecule has 1 N–H and O–H groups in total. The second kappa shape index (κ2) is 6.29. The summed E-state index contributed by atoms with van der Waals surface area (Å²) in [6, 6.07) is 7.96. The molecule has 0 bridgehead atoms. The molecule has 3 rings (SSSR count). The molecule has 2 amide bonds. The summed E-state index contributed by atoms with van der Waals surface area (Å²) in [7, 11) is 0. The number of hydrogen-bond acceptors (Lipinski definition) is 2. The quantitative estimate of drug-likeness (QED) is 0.910. The first-order valence-electron chi connectivity index (χ1n) is 7.89. The van der Waals surface area contributed by atoms with Gasteiger partial charge in [0.25, 0.3) is 0 Å². The second-order valence-electron chi connectivity index (χ2n) is 6.25. The Labute approximate surface area is 135 Å². The Bertz CT molecular complexity index is 590. The van der Waals surface area contributed by atoms with Crippen molar-refractivity contribution >= 4 is 23.4 Å². The van der Waals surface area contributed by atoms with Crippen LogP contribution in [0.5, 0.6) is 0 Å². The molecule has 2 heterocycles. The molecule has 1 aromatic rings. The number of benzene rings is 1. The first-order valence-corrected chi connectivity index (χ1v) is 8.26. The molecule has 0 spiro atoms. The van der Waals surface area contributed by atoms with Crippen LogP contribution in [0, 0.1) is 0 Å². The molecule has 3 atom stereocenters. The molecule has 0 aliphatic carbocycles. The predicted octanol–water partition coefficient (Wildman–Crippen LogP) is 3.06. The molecular formula is C17H21ClN2O2. The van der Waals surface area contributed by atoms with Crippen molar-refractivity contribution in [1.29, 1.82) is 0 Å². The van der Waals surface area contributed by atoms with Crippen LogP contribution in [0.3, 0.4) is 0 Å². The molecule has 2 fully saturated rings. The lowest BCUT2D eigenvalue weighted by Gasteiger charge is -2.48. The minimum atomic E-state index is -0.0444. The van der Waals surface area contributed by atoms with E-state index in [0.29, 0.717) is 11.4 Å². The maximum Gasteiger partial charge on any atom is 0.223 e. The van der Waals surface area contributed by atoms with Gasteiger partial charge in [-0.05, 0) is 37.3 Å². The van der Waals surface area contributed by atoms with Crippen LogP contribution in [0.15, 0.2) is 24.3 Å². The molecule has 1 aromatic carbocycles. The Morgan fingerprint density at radius 2 is 2.09 bits per heavy atom. The molecule has 0 aromatic heterocycles. The van der Waals surface area contributed by atoms with Crippen LogP contribution >= 0.6 is 11.6 Å². The highest BCUT2D eigenvalue weighted by molar-refractivity contribution is 6.31. The van der Waals surface area contributed by atoms with E-state index in [4.69, 9.17) is 11.6 Å². The Morgan fingerprint density at radius 3 is 2.82 bits per heavy atom. The van der Waals surface area contributed by atoms with Gasteiger partial charge in [0.15, 0.2) is 0 Å². The molecule has 118 valence electrons. The van der Waals surface area contributed by atoms with Crippen molar-refractivity contribution in [2.24, 2.45) is 0 Å². The lowest BCUT2D eigenvalue weighted by molar-refractivity contribution is -0.143. The minimum Gasteiger partial charge on any atom is -0.353 e. The molecule has 4 nitrogen and oxygen atoms in total. The second-order valence-corrected chi connectivity index (χ2v) is 6.66. The average molecular weight is 321 g/mol. The summed E-state index contributed by atoms with van der Waals surface area (Å²) in [4.78, 5) is 25.9. The molecular weight excluding hydrogens is 300 g/mol. The summed E-state index contributed by atoms with van der Waals surface area (Å²) in [5.41, 5.74) is 0.986. The summed E-state index contributed by atoms with van der Waals surface area (Å²) >= 11 is 6.36. The zero-order chi connectivity index (χ0) is 15.7. The van der Waals surface area contributed by atoms with E-state index in [9.17, 15) is 9.59 Å². The normalized spacial score (nSPS) is 28.2. The Kier molecular flexibility index (Phi) is 4.39. The van der Waals surface area contributed by atoms with E-state index in [2.05, 4.69) is 5.32 Å². The molecule has 5 heteroatoms. The van der Waals surface area contributed by atoms with Crippen molar-refractivity contribution in [2.75, 3.05) is 0 Å². The Morgan fingerprint density at radius 1 is 1.32 bits per heavy atom. The SMILES string of the molecule is CC(=O)N[C@H]1C[C@H]2CCCC(=O)N2[C@H](c2ccccc2Cl)C1. The van der Waals surface area contributed by atoms with Gasteiger partial charge in [-0.25, -0.2) is 0 Å². The summed E-state index contributed by atoms with van der Waals surface area (Å²) in [5.74, 6) is 0.195. The highest BCUT2D eigenvalue weighted by Crippen LogP contribution is 2.41.